The van der Waals surface area contributed by atoms with Gasteiger partial charge in [0.25, 0.3) is 5.91 Å². The van der Waals surface area contributed by atoms with E-state index in [1.165, 1.54) is 12.1 Å². The van der Waals surface area contributed by atoms with Crippen LogP contribution in [0.2, 0.25) is 0 Å². The van der Waals surface area contributed by atoms with Crippen LogP contribution in [0.3, 0.4) is 0 Å². The van der Waals surface area contributed by atoms with Gasteiger partial charge in [-0.3, -0.25) is 4.79 Å². The van der Waals surface area contributed by atoms with E-state index in [9.17, 15) is 13.2 Å². The van der Waals surface area contributed by atoms with Crippen LogP contribution in [0.25, 0.3) is 0 Å². The lowest BCUT2D eigenvalue weighted by atomic mass is 10.2. The predicted molar refractivity (Wildman–Crippen MR) is 75.3 cm³/mol. The van der Waals surface area contributed by atoms with Crippen LogP contribution in [0.4, 0.5) is 0 Å². The molecule has 1 amide bonds. The fourth-order valence-corrected chi connectivity index (χ4v) is 3.26. The molecule has 0 aromatic heterocycles. The maximum absolute atomic E-state index is 12.6. The molecule has 5 nitrogen and oxygen atoms in total. The third-order valence-electron chi connectivity index (χ3n) is 3.42. The van der Waals surface area contributed by atoms with Crippen LogP contribution >= 0.6 is 0 Å². The van der Waals surface area contributed by atoms with Crippen molar-refractivity contribution in [2.45, 2.75) is 30.7 Å². The zero-order chi connectivity index (χ0) is 14.8. The minimum Gasteiger partial charge on any atom is -0.395 e. The van der Waals surface area contributed by atoms with Gasteiger partial charge < -0.3 is 10.0 Å². The van der Waals surface area contributed by atoms with E-state index in [4.69, 9.17) is 5.11 Å². The lowest BCUT2D eigenvalue weighted by molar-refractivity contribution is 0.0704. The molecule has 1 saturated carbocycles. The van der Waals surface area contributed by atoms with E-state index >= 15 is 0 Å². The summed E-state index contributed by atoms with van der Waals surface area (Å²) in [5.41, 5.74) is 0.203. The molecule has 0 saturated heterocycles. The third-order valence-corrected chi connectivity index (χ3v) is 5.21. The highest BCUT2D eigenvalue weighted by Gasteiger charge is 2.34. The van der Waals surface area contributed by atoms with Gasteiger partial charge in [0.2, 0.25) is 0 Å². The number of hydrogen-bond acceptors (Lipinski definition) is 4. The second-order valence-electron chi connectivity index (χ2n) is 4.85. The number of rotatable bonds is 6. The zero-order valence-corrected chi connectivity index (χ0v) is 12.3. The van der Waals surface area contributed by atoms with Crippen molar-refractivity contribution in [3.8, 4) is 0 Å². The van der Waals surface area contributed by atoms with E-state index in [1.807, 2.05) is 0 Å². The molecule has 0 radical (unpaired) electrons. The van der Waals surface area contributed by atoms with Crippen molar-refractivity contribution in [2.75, 3.05) is 18.9 Å². The van der Waals surface area contributed by atoms with Crippen molar-refractivity contribution < 1.29 is 18.3 Å². The second-order valence-corrected chi connectivity index (χ2v) is 7.10. The Morgan fingerprint density at radius 3 is 2.55 bits per heavy atom. The van der Waals surface area contributed by atoms with Gasteiger partial charge in [-0.15, -0.1) is 0 Å². The Kier molecular flexibility index (Phi) is 4.45. The quantitative estimate of drug-likeness (QED) is 0.852. The van der Waals surface area contributed by atoms with Gasteiger partial charge >= 0.3 is 0 Å². The molecule has 1 fully saturated rings. The maximum Gasteiger partial charge on any atom is 0.255 e. The van der Waals surface area contributed by atoms with Gasteiger partial charge in [-0.25, -0.2) is 8.42 Å². The van der Waals surface area contributed by atoms with E-state index in [1.54, 1.807) is 24.0 Å². The average molecular weight is 297 g/mol. The minimum absolute atomic E-state index is 0.0410. The molecule has 1 aromatic carbocycles. The molecule has 1 aliphatic carbocycles. The van der Waals surface area contributed by atoms with Crippen LogP contribution in [-0.4, -0.2) is 49.3 Å². The fraction of sp³-hybridized carbons (Fsp3) is 0.500. The molecular weight excluding hydrogens is 278 g/mol. The van der Waals surface area contributed by atoms with Gasteiger partial charge in [-0.2, -0.15) is 0 Å². The molecule has 20 heavy (non-hydrogen) atoms. The number of sulfone groups is 1. The van der Waals surface area contributed by atoms with E-state index < -0.39 is 9.84 Å². The number of aliphatic hydroxyl groups is 1. The normalized spacial score (nSPS) is 15.1. The lowest BCUT2D eigenvalue weighted by Crippen LogP contribution is -2.36. The first-order valence-corrected chi connectivity index (χ1v) is 8.40. The average Bonchev–Trinajstić information content (AvgIpc) is 3.28. The molecule has 1 N–H and O–H groups in total. The van der Waals surface area contributed by atoms with Crippen LogP contribution < -0.4 is 0 Å². The van der Waals surface area contributed by atoms with Crippen molar-refractivity contribution in [1.29, 1.82) is 0 Å². The third kappa shape index (κ3) is 3.02. The summed E-state index contributed by atoms with van der Waals surface area (Å²) >= 11 is 0. The summed E-state index contributed by atoms with van der Waals surface area (Å²) in [7, 11) is -3.44. The van der Waals surface area contributed by atoms with Crippen LogP contribution in [0, 0.1) is 0 Å². The molecule has 6 heteroatoms. The largest absolute Gasteiger partial charge is 0.395 e. The Labute approximate surface area is 119 Å². The first kappa shape index (κ1) is 15.0. The van der Waals surface area contributed by atoms with Gasteiger partial charge in [0.1, 0.15) is 0 Å². The summed E-state index contributed by atoms with van der Waals surface area (Å²) in [5, 5.41) is 9.07. The van der Waals surface area contributed by atoms with Crippen molar-refractivity contribution in [3.05, 3.63) is 29.8 Å². The Morgan fingerprint density at radius 1 is 1.35 bits per heavy atom. The van der Waals surface area contributed by atoms with Crippen molar-refractivity contribution in [1.82, 2.24) is 4.90 Å². The molecule has 0 bridgehead atoms. The van der Waals surface area contributed by atoms with Gasteiger partial charge in [0, 0.05) is 12.6 Å². The van der Waals surface area contributed by atoms with Gasteiger partial charge in [-0.1, -0.05) is 19.1 Å². The molecule has 110 valence electrons. The zero-order valence-electron chi connectivity index (χ0n) is 11.4. The van der Waals surface area contributed by atoms with Crippen molar-refractivity contribution in [3.63, 3.8) is 0 Å². The summed E-state index contributed by atoms with van der Waals surface area (Å²) in [6.07, 6.45) is 1.82. The Morgan fingerprint density at radius 2 is 2.00 bits per heavy atom. The van der Waals surface area contributed by atoms with E-state index in [0.717, 1.165) is 12.8 Å². The van der Waals surface area contributed by atoms with Crippen LogP contribution in [0.1, 0.15) is 30.1 Å². The van der Waals surface area contributed by atoms with Gasteiger partial charge in [-0.05, 0) is 25.0 Å². The number of carbonyl (C=O) groups excluding carboxylic acids is 1. The number of benzene rings is 1. The number of carbonyl (C=O) groups is 1. The Hall–Kier alpha value is -1.40. The smallest absolute Gasteiger partial charge is 0.255 e. The van der Waals surface area contributed by atoms with Crippen molar-refractivity contribution >= 4 is 15.7 Å². The van der Waals surface area contributed by atoms with Crippen LogP contribution in [0.15, 0.2) is 29.2 Å². The molecule has 0 atom stereocenters. The number of nitrogens with zero attached hydrogens (tertiary/aromatic N) is 1. The monoisotopic (exact) mass is 297 g/mol. The molecule has 1 aliphatic rings. The molecule has 2 rings (SSSR count). The SMILES string of the molecule is CCS(=O)(=O)c1ccccc1C(=O)N(CCO)C1CC1. The summed E-state index contributed by atoms with van der Waals surface area (Å²) in [6.45, 7) is 1.68. The summed E-state index contributed by atoms with van der Waals surface area (Å²) in [4.78, 5) is 14.2. The van der Waals surface area contributed by atoms with E-state index in [2.05, 4.69) is 0 Å². The first-order chi connectivity index (χ1) is 9.51. The molecule has 0 aliphatic heterocycles. The molecular formula is C14H19NO4S. The topological polar surface area (TPSA) is 74.7 Å². The molecule has 0 heterocycles. The van der Waals surface area contributed by atoms with Crippen molar-refractivity contribution in [2.24, 2.45) is 0 Å². The number of amides is 1. The van der Waals surface area contributed by atoms with Crippen LogP contribution in [0.5, 0.6) is 0 Å². The minimum atomic E-state index is -3.44. The van der Waals surface area contributed by atoms with Gasteiger partial charge in [0.05, 0.1) is 22.8 Å². The standard InChI is InChI=1S/C14H19NO4S/c1-2-20(18,19)13-6-4-3-5-12(13)14(17)15(9-10-16)11-7-8-11/h3-6,11,16H,2,7-10H2,1H3. The van der Waals surface area contributed by atoms with E-state index in [-0.39, 0.29) is 41.3 Å². The summed E-state index contributed by atoms with van der Waals surface area (Å²) < 4.78 is 24.1. The van der Waals surface area contributed by atoms with Gasteiger partial charge in [0.15, 0.2) is 9.84 Å². The highest BCUT2D eigenvalue weighted by molar-refractivity contribution is 7.91. The Bertz CT molecular complexity index is 593. The Balaban J connectivity index is 2.39. The van der Waals surface area contributed by atoms with Crippen LogP contribution in [-0.2, 0) is 9.84 Å². The fourth-order valence-electron chi connectivity index (χ4n) is 2.17. The molecule has 0 spiro atoms. The number of aliphatic hydroxyl groups excluding tert-OH is 1. The highest BCUT2D eigenvalue weighted by atomic mass is 32.2. The van der Waals surface area contributed by atoms with E-state index in [0.29, 0.717) is 0 Å². The lowest BCUT2D eigenvalue weighted by Gasteiger charge is -2.22. The summed E-state index contributed by atoms with van der Waals surface area (Å²) in [5.74, 6) is -0.352. The first-order valence-electron chi connectivity index (χ1n) is 6.75. The second kappa shape index (κ2) is 5.93. The predicted octanol–water partition coefficient (Wildman–Crippen LogP) is 1.08. The molecule has 1 aromatic rings. The maximum atomic E-state index is 12.6. The highest BCUT2D eigenvalue weighted by Crippen LogP contribution is 2.29. The summed E-state index contributed by atoms with van der Waals surface area (Å²) in [6, 6.07) is 6.42. The number of hydrogen-bond donors (Lipinski definition) is 1. The molecule has 0 unspecified atom stereocenters.